The number of hydrogen-bond acceptors (Lipinski definition) is 5. The van der Waals surface area contributed by atoms with Gasteiger partial charge in [0, 0.05) is 0 Å². The highest BCUT2D eigenvalue weighted by molar-refractivity contribution is 4.53. The van der Waals surface area contributed by atoms with Crippen molar-refractivity contribution in [3.05, 3.63) is 0 Å². The van der Waals surface area contributed by atoms with Gasteiger partial charge in [-0.3, -0.25) is 0 Å². The Bertz CT molecular complexity index is 304. The van der Waals surface area contributed by atoms with Gasteiger partial charge in [-0.25, -0.2) is 0 Å². The van der Waals surface area contributed by atoms with Gasteiger partial charge in [0.05, 0.1) is 64.3 Å². The van der Waals surface area contributed by atoms with Crippen LogP contribution in [0.3, 0.4) is 0 Å². The number of aliphatic hydroxyl groups excluding tert-OH is 2. The molecule has 31 heavy (non-hydrogen) atoms. The predicted molar refractivity (Wildman–Crippen MR) is 131 cm³/mol. The van der Waals surface area contributed by atoms with E-state index in [1.54, 1.807) is 13.8 Å². The monoisotopic (exact) mass is 451 g/mol. The maximum Gasteiger partial charge on any atom is 0.0786 e. The van der Waals surface area contributed by atoms with Crippen molar-refractivity contribution in [1.82, 2.24) is 0 Å². The van der Waals surface area contributed by atoms with E-state index in [2.05, 4.69) is 27.7 Å². The number of quaternary nitrogens is 1. The van der Waals surface area contributed by atoms with Crippen LogP contribution in [0.5, 0.6) is 0 Å². The second-order valence-electron chi connectivity index (χ2n) is 8.97. The smallest absolute Gasteiger partial charge is 0.0786 e. The number of aliphatic hydroxyl groups is 2. The Morgan fingerprint density at radius 2 is 1.00 bits per heavy atom. The van der Waals surface area contributed by atoms with Gasteiger partial charge in [-0.15, -0.1) is 0 Å². The molecule has 0 saturated heterocycles. The molecule has 0 aromatic carbocycles. The minimum absolute atomic E-state index is 0. The lowest BCUT2D eigenvalue weighted by molar-refractivity contribution is -0.929. The molecule has 0 aliphatic heterocycles. The molecule has 6 heteroatoms. The molecule has 0 aliphatic rings. The van der Waals surface area contributed by atoms with Gasteiger partial charge in [-0.05, 0) is 46.5 Å². The summed E-state index contributed by atoms with van der Waals surface area (Å²) in [6.45, 7) is 21.1. The molecule has 0 radical (unpaired) electrons. The highest BCUT2D eigenvalue weighted by Gasteiger charge is 2.24. The van der Waals surface area contributed by atoms with Crippen molar-refractivity contribution in [3.8, 4) is 0 Å². The molecule has 3 unspecified atom stereocenters. The first-order valence-corrected chi connectivity index (χ1v) is 12.7. The van der Waals surface area contributed by atoms with Gasteiger partial charge in [0.1, 0.15) is 0 Å². The van der Waals surface area contributed by atoms with Crippen LogP contribution in [0.25, 0.3) is 0 Å². The van der Waals surface area contributed by atoms with E-state index in [-0.39, 0.29) is 24.3 Å². The van der Waals surface area contributed by atoms with Gasteiger partial charge in [0.15, 0.2) is 0 Å². The van der Waals surface area contributed by atoms with Crippen LogP contribution < -0.4 is 0 Å². The quantitative estimate of drug-likeness (QED) is 0.270. The van der Waals surface area contributed by atoms with E-state index in [0.717, 1.165) is 0 Å². The molecule has 192 valence electrons. The normalized spacial score (nSPS) is 14.2. The summed E-state index contributed by atoms with van der Waals surface area (Å²) in [6.07, 6.45) is 10.4. The zero-order valence-corrected chi connectivity index (χ0v) is 21.9. The summed E-state index contributed by atoms with van der Waals surface area (Å²) in [5.74, 6) is 0. The molecule has 0 aliphatic carbocycles. The van der Waals surface area contributed by atoms with Crippen molar-refractivity contribution in [1.29, 1.82) is 0 Å². The summed E-state index contributed by atoms with van der Waals surface area (Å²) in [7, 11) is 0. The Kier molecular flexibility index (Phi) is 27.8. The Hall–Kier alpha value is -0.240. The third-order valence-electron chi connectivity index (χ3n) is 5.44. The van der Waals surface area contributed by atoms with Crippen molar-refractivity contribution in [2.45, 2.75) is 118 Å². The molecule has 0 bridgehead atoms. The van der Waals surface area contributed by atoms with Gasteiger partial charge in [-0.1, -0.05) is 53.4 Å². The van der Waals surface area contributed by atoms with Crippen LogP contribution in [0.15, 0.2) is 0 Å². The predicted octanol–water partition coefficient (Wildman–Crippen LogP) is 5.00. The van der Waals surface area contributed by atoms with Crippen molar-refractivity contribution >= 4 is 0 Å². The van der Waals surface area contributed by atoms with E-state index < -0.39 is 6.10 Å². The van der Waals surface area contributed by atoms with Crippen LogP contribution >= 0.6 is 0 Å². The second-order valence-corrected chi connectivity index (χ2v) is 8.97. The zero-order chi connectivity index (χ0) is 23.3. The summed E-state index contributed by atoms with van der Waals surface area (Å²) in [4.78, 5) is 0. The van der Waals surface area contributed by atoms with Crippen LogP contribution in [-0.4, -0.2) is 84.5 Å². The first kappa shape index (κ1) is 35.4. The van der Waals surface area contributed by atoms with Crippen molar-refractivity contribution in [2.24, 2.45) is 0 Å². The summed E-state index contributed by atoms with van der Waals surface area (Å²) >= 11 is 0. The van der Waals surface area contributed by atoms with Gasteiger partial charge in [0.25, 0.3) is 0 Å². The van der Waals surface area contributed by atoms with Crippen LogP contribution in [0.1, 0.15) is 99.8 Å². The molecular formula is C25H57NO5. The largest absolute Gasteiger partial charge is 0.870 e. The summed E-state index contributed by atoms with van der Waals surface area (Å²) in [5.41, 5.74) is 0. The molecule has 0 aromatic heterocycles. The molecule has 0 aromatic rings. The van der Waals surface area contributed by atoms with E-state index in [1.807, 2.05) is 6.92 Å². The Labute approximate surface area is 194 Å². The third-order valence-corrected chi connectivity index (χ3v) is 5.44. The number of nitrogens with zero attached hydrogens (tertiary/aromatic N) is 1. The minimum atomic E-state index is -0.447. The topological polar surface area (TPSA) is 88.9 Å². The molecule has 0 spiro atoms. The standard InChI is InChI=1S/C16H36N.C9H20O4.H2O/c1-5-9-13-17(14-10-6-2,15-11-7-3)16-12-8-4;1-7(11)5-12-9(3)6-13-8(2)4-10;/h5-16H2,1-4H3;7-11H,4-6H2,1-3H3;1H2/q+1;;/p-1. The SMILES string of the molecule is CC(O)COC(C)COC(C)CO.CCCC[N+](CCCC)(CCCC)CCCC.[OH-]. The lowest BCUT2D eigenvalue weighted by Gasteiger charge is -2.39. The second kappa shape index (κ2) is 24.4. The van der Waals surface area contributed by atoms with Crippen molar-refractivity contribution in [3.63, 3.8) is 0 Å². The Morgan fingerprint density at radius 1 is 0.645 bits per heavy atom. The number of ether oxygens (including phenoxy) is 2. The molecule has 0 fully saturated rings. The average Bonchev–Trinajstić information content (AvgIpc) is 2.75. The Balaban J connectivity index is -0.000000507. The van der Waals surface area contributed by atoms with E-state index in [0.29, 0.717) is 13.2 Å². The third kappa shape index (κ3) is 22.7. The molecule has 6 nitrogen and oxygen atoms in total. The average molecular weight is 452 g/mol. The lowest BCUT2D eigenvalue weighted by atomic mass is 10.1. The van der Waals surface area contributed by atoms with E-state index in [9.17, 15) is 0 Å². The number of rotatable bonds is 19. The van der Waals surface area contributed by atoms with E-state index in [1.165, 1.54) is 82.0 Å². The number of unbranched alkanes of at least 4 members (excludes halogenated alkanes) is 4. The van der Waals surface area contributed by atoms with Crippen LogP contribution in [0.4, 0.5) is 0 Å². The molecule has 0 amide bonds. The van der Waals surface area contributed by atoms with Crippen LogP contribution in [-0.2, 0) is 9.47 Å². The maximum atomic E-state index is 8.92. The van der Waals surface area contributed by atoms with Gasteiger partial charge < -0.3 is 29.6 Å². The van der Waals surface area contributed by atoms with E-state index in [4.69, 9.17) is 19.7 Å². The van der Waals surface area contributed by atoms with Gasteiger partial charge in [0.2, 0.25) is 0 Å². The summed E-state index contributed by atoms with van der Waals surface area (Å²) in [5, 5.41) is 17.6. The van der Waals surface area contributed by atoms with Gasteiger partial charge >= 0.3 is 0 Å². The fourth-order valence-electron chi connectivity index (χ4n) is 3.35. The van der Waals surface area contributed by atoms with Crippen molar-refractivity contribution < 1.29 is 29.6 Å². The Morgan fingerprint density at radius 3 is 1.29 bits per heavy atom. The molecule has 3 atom stereocenters. The molecule has 0 heterocycles. The zero-order valence-electron chi connectivity index (χ0n) is 21.9. The van der Waals surface area contributed by atoms with E-state index >= 15 is 0 Å². The maximum absolute atomic E-state index is 8.92. The first-order chi connectivity index (χ1) is 14.3. The number of hydrogen-bond donors (Lipinski definition) is 2. The highest BCUT2D eigenvalue weighted by atomic mass is 16.5. The summed E-state index contributed by atoms with van der Waals surface area (Å²) in [6, 6.07) is 0. The van der Waals surface area contributed by atoms with Gasteiger partial charge in [-0.2, -0.15) is 0 Å². The highest BCUT2D eigenvalue weighted by Crippen LogP contribution is 2.16. The molecule has 3 N–H and O–H groups in total. The fourth-order valence-corrected chi connectivity index (χ4v) is 3.35. The lowest BCUT2D eigenvalue weighted by Crippen LogP contribution is -2.50. The molecule has 0 saturated carbocycles. The van der Waals surface area contributed by atoms with Crippen molar-refractivity contribution in [2.75, 3.05) is 46.0 Å². The van der Waals surface area contributed by atoms with Crippen LogP contribution in [0.2, 0.25) is 0 Å². The fraction of sp³-hybridized carbons (Fsp3) is 1.00. The first-order valence-electron chi connectivity index (χ1n) is 12.7. The summed E-state index contributed by atoms with van der Waals surface area (Å²) < 4.78 is 11.9. The molecule has 0 rings (SSSR count). The minimum Gasteiger partial charge on any atom is -0.870 e. The van der Waals surface area contributed by atoms with Crippen LogP contribution in [0, 0.1) is 0 Å². The molecular weight excluding hydrogens is 394 g/mol.